The molecule has 0 unspecified atom stereocenters. The van der Waals surface area contributed by atoms with E-state index in [1.807, 2.05) is 4.68 Å². The van der Waals surface area contributed by atoms with Gasteiger partial charge in [-0.15, -0.1) is 5.10 Å². The Balaban J connectivity index is 1.77. The van der Waals surface area contributed by atoms with Crippen molar-refractivity contribution in [3.05, 3.63) is 107 Å². The fourth-order valence-electron chi connectivity index (χ4n) is 4.06. The van der Waals surface area contributed by atoms with Crippen LogP contribution in [0.3, 0.4) is 0 Å². The van der Waals surface area contributed by atoms with Gasteiger partial charge in [-0.25, -0.2) is 0 Å². The van der Waals surface area contributed by atoms with Gasteiger partial charge < -0.3 is 0 Å². The molecule has 1 aromatic heterocycles. The number of nitrogens with zero attached hydrogens (tertiary/aromatic N) is 5. The molecule has 0 bridgehead atoms. The second-order valence-corrected chi connectivity index (χ2v) is 8.54. The van der Waals surface area contributed by atoms with E-state index in [4.69, 9.17) is 0 Å². The summed E-state index contributed by atoms with van der Waals surface area (Å²) in [6.07, 6.45) is 0. The van der Waals surface area contributed by atoms with Crippen LogP contribution in [0.15, 0.2) is 78.9 Å². The summed E-state index contributed by atoms with van der Waals surface area (Å²) in [7, 11) is 0. The van der Waals surface area contributed by atoms with Crippen molar-refractivity contribution in [2.45, 2.75) is 46.3 Å². The quantitative estimate of drug-likeness (QED) is 0.418. The maximum absolute atomic E-state index is 4.51. The van der Waals surface area contributed by atoms with Crippen molar-refractivity contribution < 1.29 is 0 Å². The molecule has 0 saturated carbocycles. The monoisotopic (exact) mass is 411 g/mol. The zero-order chi connectivity index (χ0) is 21.8. The van der Waals surface area contributed by atoms with E-state index in [9.17, 15) is 0 Å². The summed E-state index contributed by atoms with van der Waals surface area (Å²) in [4.78, 5) is 2.44. The Morgan fingerprint density at radius 3 is 1.77 bits per heavy atom. The van der Waals surface area contributed by atoms with Crippen LogP contribution in [0, 0.1) is 13.8 Å². The summed E-state index contributed by atoms with van der Waals surface area (Å²) >= 11 is 0. The number of tetrazole rings is 1. The first-order valence-corrected chi connectivity index (χ1v) is 10.6. The Hall–Kier alpha value is -3.31. The van der Waals surface area contributed by atoms with Gasteiger partial charge in [0.2, 0.25) is 0 Å². The average molecular weight is 412 g/mol. The van der Waals surface area contributed by atoms with Gasteiger partial charge in [0.15, 0.2) is 5.82 Å². The molecule has 3 aromatic carbocycles. The zero-order valence-corrected chi connectivity index (χ0v) is 18.7. The molecule has 5 nitrogen and oxygen atoms in total. The number of hydrogen-bond acceptors (Lipinski definition) is 4. The Bertz CT molecular complexity index is 1070. The summed E-state index contributed by atoms with van der Waals surface area (Å²) in [6, 6.07) is 27.4. The van der Waals surface area contributed by atoms with Gasteiger partial charge in [0.05, 0.1) is 11.2 Å². The maximum atomic E-state index is 4.51. The predicted octanol–water partition coefficient (Wildman–Crippen LogP) is 5.22. The van der Waals surface area contributed by atoms with Gasteiger partial charge in [0.25, 0.3) is 0 Å². The van der Waals surface area contributed by atoms with Crippen LogP contribution in [0.2, 0.25) is 0 Å². The van der Waals surface area contributed by atoms with Crippen LogP contribution in [0.25, 0.3) is 5.69 Å². The van der Waals surface area contributed by atoms with Crippen molar-refractivity contribution in [1.29, 1.82) is 0 Å². The average Bonchev–Trinajstić information content (AvgIpc) is 3.25. The van der Waals surface area contributed by atoms with Crippen molar-refractivity contribution in [3.63, 3.8) is 0 Å². The second-order valence-electron chi connectivity index (χ2n) is 8.54. The highest BCUT2D eigenvalue weighted by molar-refractivity contribution is 5.47. The Morgan fingerprint density at radius 2 is 1.26 bits per heavy atom. The minimum atomic E-state index is -0.413. The highest BCUT2D eigenvalue weighted by Crippen LogP contribution is 2.32. The molecule has 0 atom stereocenters. The van der Waals surface area contributed by atoms with Gasteiger partial charge >= 0.3 is 0 Å². The molecular weight excluding hydrogens is 382 g/mol. The van der Waals surface area contributed by atoms with Crippen LogP contribution in [-0.2, 0) is 18.6 Å². The first-order chi connectivity index (χ1) is 15.0. The molecule has 0 spiro atoms. The zero-order valence-electron chi connectivity index (χ0n) is 18.7. The lowest BCUT2D eigenvalue weighted by molar-refractivity contribution is 0.0901. The van der Waals surface area contributed by atoms with E-state index < -0.39 is 5.54 Å². The normalized spacial score (nSPS) is 11.8. The van der Waals surface area contributed by atoms with E-state index in [-0.39, 0.29) is 0 Å². The molecule has 0 aliphatic carbocycles. The fourth-order valence-corrected chi connectivity index (χ4v) is 4.06. The molecule has 1 heterocycles. The maximum Gasteiger partial charge on any atom is 0.176 e. The standard InChI is InChI=1S/C26H29N5/c1-20-12-11-13-21(2)24(20)31-25(27-28-29-31)26(3,4)30(18-22-14-7-5-8-15-22)19-23-16-9-6-10-17-23/h5-17H,18-19H2,1-4H3. The first-order valence-electron chi connectivity index (χ1n) is 10.6. The van der Waals surface area contributed by atoms with Crippen molar-refractivity contribution in [2.75, 3.05) is 0 Å². The van der Waals surface area contributed by atoms with Gasteiger partial charge in [-0.05, 0) is 60.4 Å². The van der Waals surface area contributed by atoms with Gasteiger partial charge in [0.1, 0.15) is 0 Å². The number of aryl methyl sites for hydroxylation is 2. The largest absolute Gasteiger partial charge is 0.283 e. The smallest absolute Gasteiger partial charge is 0.176 e. The van der Waals surface area contributed by atoms with Crippen molar-refractivity contribution in [2.24, 2.45) is 0 Å². The second kappa shape index (κ2) is 8.82. The van der Waals surface area contributed by atoms with Gasteiger partial charge in [-0.2, -0.15) is 4.68 Å². The number of hydrogen-bond donors (Lipinski definition) is 0. The van der Waals surface area contributed by atoms with Crippen LogP contribution < -0.4 is 0 Å². The molecule has 5 heteroatoms. The fraction of sp³-hybridized carbons (Fsp3) is 0.269. The van der Waals surface area contributed by atoms with Gasteiger partial charge in [-0.1, -0.05) is 78.9 Å². The number of aromatic nitrogens is 4. The molecular formula is C26H29N5. The van der Waals surface area contributed by atoms with E-state index in [0.717, 1.165) is 35.7 Å². The van der Waals surface area contributed by atoms with Crippen molar-refractivity contribution >= 4 is 0 Å². The molecule has 0 radical (unpaired) electrons. The van der Waals surface area contributed by atoms with Crippen LogP contribution in [0.5, 0.6) is 0 Å². The first kappa shape index (κ1) is 20.9. The highest BCUT2D eigenvalue weighted by atomic mass is 15.6. The van der Waals surface area contributed by atoms with E-state index in [1.54, 1.807) is 0 Å². The summed E-state index contributed by atoms with van der Waals surface area (Å²) < 4.78 is 1.91. The lowest BCUT2D eigenvalue weighted by Crippen LogP contribution is -2.42. The van der Waals surface area contributed by atoms with Crippen LogP contribution >= 0.6 is 0 Å². The third kappa shape index (κ3) is 4.42. The third-order valence-corrected chi connectivity index (χ3v) is 5.89. The third-order valence-electron chi connectivity index (χ3n) is 5.89. The number of rotatable bonds is 7. The minimum absolute atomic E-state index is 0.413. The SMILES string of the molecule is Cc1cccc(C)c1-n1nnnc1C(C)(C)N(Cc1ccccc1)Cc1ccccc1. The van der Waals surface area contributed by atoms with Crippen LogP contribution in [0.4, 0.5) is 0 Å². The molecule has 0 aliphatic rings. The molecule has 4 aromatic rings. The topological polar surface area (TPSA) is 46.8 Å². The lowest BCUT2D eigenvalue weighted by Gasteiger charge is -2.38. The summed E-state index contributed by atoms with van der Waals surface area (Å²) in [6.45, 7) is 10.2. The highest BCUT2D eigenvalue weighted by Gasteiger charge is 2.35. The lowest BCUT2D eigenvalue weighted by atomic mass is 9.98. The van der Waals surface area contributed by atoms with Crippen LogP contribution in [-0.4, -0.2) is 25.1 Å². The molecule has 158 valence electrons. The van der Waals surface area contributed by atoms with E-state index in [1.165, 1.54) is 11.1 Å². The van der Waals surface area contributed by atoms with Gasteiger partial charge in [0, 0.05) is 13.1 Å². The van der Waals surface area contributed by atoms with Gasteiger partial charge in [-0.3, -0.25) is 4.90 Å². The van der Waals surface area contributed by atoms with Crippen molar-refractivity contribution in [3.8, 4) is 5.69 Å². The molecule has 31 heavy (non-hydrogen) atoms. The predicted molar refractivity (Wildman–Crippen MR) is 124 cm³/mol. The molecule has 0 saturated heterocycles. The summed E-state index contributed by atoms with van der Waals surface area (Å²) in [5.74, 6) is 0.830. The van der Waals surface area contributed by atoms with Crippen LogP contribution in [0.1, 0.15) is 41.9 Å². The summed E-state index contributed by atoms with van der Waals surface area (Å²) in [5, 5.41) is 13.0. The molecule has 0 N–H and O–H groups in total. The van der Waals surface area contributed by atoms with E-state index in [2.05, 4.69) is 127 Å². The Kier molecular flexibility index (Phi) is 5.96. The molecule has 0 aliphatic heterocycles. The Morgan fingerprint density at radius 1 is 0.742 bits per heavy atom. The van der Waals surface area contributed by atoms with E-state index >= 15 is 0 Å². The summed E-state index contributed by atoms with van der Waals surface area (Å²) in [5.41, 5.74) is 5.47. The molecule has 0 amide bonds. The molecule has 0 fully saturated rings. The Labute approximate surface area is 184 Å². The minimum Gasteiger partial charge on any atom is -0.283 e. The van der Waals surface area contributed by atoms with E-state index in [0.29, 0.717) is 0 Å². The number of benzene rings is 3. The van der Waals surface area contributed by atoms with Crippen molar-refractivity contribution in [1.82, 2.24) is 25.1 Å². The molecule has 4 rings (SSSR count). The number of para-hydroxylation sites is 1.